The molecule has 0 unspecified atom stereocenters. The van der Waals surface area contributed by atoms with Gasteiger partial charge in [-0.15, -0.1) is 0 Å². The lowest BCUT2D eigenvalue weighted by atomic mass is 9.87. The standard InChI is InChI=1S/C14H16N2O3/c1-16(7-14(6-15)8-17-9-14)5-11-2-3-12-13(4-11)19-10-18-12/h2-4H,5,7-10H2,1H3. The summed E-state index contributed by atoms with van der Waals surface area (Å²) in [6, 6.07) is 8.31. The molecule has 2 aliphatic rings. The highest BCUT2D eigenvalue weighted by molar-refractivity contribution is 5.44. The fourth-order valence-corrected chi connectivity index (χ4v) is 2.46. The zero-order valence-electron chi connectivity index (χ0n) is 10.9. The van der Waals surface area contributed by atoms with E-state index < -0.39 is 0 Å². The van der Waals surface area contributed by atoms with E-state index in [1.165, 1.54) is 0 Å². The molecule has 0 spiro atoms. The molecule has 0 amide bonds. The number of rotatable bonds is 4. The van der Waals surface area contributed by atoms with Crippen molar-refractivity contribution in [3.05, 3.63) is 23.8 Å². The maximum atomic E-state index is 9.19. The second-order valence-corrected chi connectivity index (χ2v) is 5.24. The largest absolute Gasteiger partial charge is 0.454 e. The van der Waals surface area contributed by atoms with Gasteiger partial charge in [-0.2, -0.15) is 5.26 Å². The van der Waals surface area contributed by atoms with Crippen molar-refractivity contribution >= 4 is 0 Å². The fraction of sp³-hybridized carbons (Fsp3) is 0.500. The lowest BCUT2D eigenvalue weighted by Crippen LogP contribution is -2.48. The van der Waals surface area contributed by atoms with Gasteiger partial charge in [-0.05, 0) is 24.7 Å². The minimum atomic E-state index is -0.328. The Balaban J connectivity index is 1.63. The molecule has 0 aliphatic carbocycles. The van der Waals surface area contributed by atoms with Gasteiger partial charge < -0.3 is 19.1 Å². The lowest BCUT2D eigenvalue weighted by Gasteiger charge is -2.38. The molecule has 19 heavy (non-hydrogen) atoms. The summed E-state index contributed by atoms with van der Waals surface area (Å²) in [6.07, 6.45) is 0. The van der Waals surface area contributed by atoms with Gasteiger partial charge in [0.05, 0.1) is 19.3 Å². The third-order valence-corrected chi connectivity index (χ3v) is 3.46. The van der Waals surface area contributed by atoms with Gasteiger partial charge in [0.1, 0.15) is 5.41 Å². The van der Waals surface area contributed by atoms with Crippen molar-refractivity contribution in [2.24, 2.45) is 5.41 Å². The van der Waals surface area contributed by atoms with Gasteiger partial charge in [0.15, 0.2) is 11.5 Å². The maximum absolute atomic E-state index is 9.19. The molecule has 0 atom stereocenters. The molecule has 3 rings (SSSR count). The Kier molecular flexibility index (Phi) is 3.05. The van der Waals surface area contributed by atoms with E-state index in [9.17, 15) is 5.26 Å². The summed E-state index contributed by atoms with van der Waals surface area (Å²) in [5.74, 6) is 1.60. The van der Waals surface area contributed by atoms with Crippen molar-refractivity contribution in [3.8, 4) is 17.6 Å². The van der Waals surface area contributed by atoms with Crippen LogP contribution < -0.4 is 9.47 Å². The van der Waals surface area contributed by atoms with Crippen LogP contribution in [0.15, 0.2) is 18.2 Å². The van der Waals surface area contributed by atoms with Gasteiger partial charge in [-0.1, -0.05) is 6.07 Å². The van der Waals surface area contributed by atoms with E-state index in [1.54, 1.807) is 0 Å². The summed E-state index contributed by atoms with van der Waals surface area (Å²) in [4.78, 5) is 2.14. The minimum Gasteiger partial charge on any atom is -0.454 e. The van der Waals surface area contributed by atoms with E-state index in [0.29, 0.717) is 20.0 Å². The van der Waals surface area contributed by atoms with Gasteiger partial charge in [0.25, 0.3) is 0 Å². The van der Waals surface area contributed by atoms with E-state index in [-0.39, 0.29) is 5.41 Å². The van der Waals surface area contributed by atoms with Gasteiger partial charge in [0, 0.05) is 13.1 Å². The normalized spacial score (nSPS) is 19.0. The molecule has 0 bridgehead atoms. The van der Waals surface area contributed by atoms with E-state index in [2.05, 4.69) is 11.0 Å². The second-order valence-electron chi connectivity index (χ2n) is 5.24. The minimum absolute atomic E-state index is 0.295. The zero-order valence-corrected chi connectivity index (χ0v) is 10.9. The summed E-state index contributed by atoms with van der Waals surface area (Å²) in [6.45, 7) is 2.87. The molecule has 0 N–H and O–H groups in total. The predicted molar refractivity (Wildman–Crippen MR) is 67.8 cm³/mol. The van der Waals surface area contributed by atoms with E-state index >= 15 is 0 Å². The first kappa shape index (κ1) is 12.3. The van der Waals surface area contributed by atoms with Crippen LogP contribution in [0.1, 0.15) is 5.56 Å². The Morgan fingerprint density at radius 3 is 2.79 bits per heavy atom. The molecule has 5 nitrogen and oxygen atoms in total. The molecule has 0 radical (unpaired) electrons. The van der Waals surface area contributed by atoms with Crippen molar-refractivity contribution in [2.45, 2.75) is 6.54 Å². The Morgan fingerprint density at radius 1 is 1.32 bits per heavy atom. The molecule has 100 valence electrons. The number of ether oxygens (including phenoxy) is 3. The van der Waals surface area contributed by atoms with Crippen molar-refractivity contribution in [2.75, 3.05) is 33.6 Å². The van der Waals surface area contributed by atoms with Crippen LogP contribution in [0.25, 0.3) is 0 Å². The highest BCUT2D eigenvalue weighted by Crippen LogP contribution is 2.33. The SMILES string of the molecule is CN(Cc1ccc2c(c1)OCO2)CC1(C#N)COC1. The quantitative estimate of drug-likeness (QED) is 0.818. The van der Waals surface area contributed by atoms with Crippen molar-refractivity contribution in [3.63, 3.8) is 0 Å². The van der Waals surface area contributed by atoms with Crippen molar-refractivity contribution < 1.29 is 14.2 Å². The Bertz CT molecular complexity index is 520. The fourth-order valence-electron chi connectivity index (χ4n) is 2.46. The van der Waals surface area contributed by atoms with Crippen LogP contribution in [0.5, 0.6) is 11.5 Å². The maximum Gasteiger partial charge on any atom is 0.231 e. The Hall–Kier alpha value is -1.77. The van der Waals surface area contributed by atoms with E-state index in [0.717, 1.165) is 30.2 Å². The molecular formula is C14H16N2O3. The van der Waals surface area contributed by atoms with Crippen LogP contribution in [-0.2, 0) is 11.3 Å². The lowest BCUT2D eigenvalue weighted by molar-refractivity contribution is -0.0895. The number of fused-ring (bicyclic) bond motifs is 1. The monoisotopic (exact) mass is 260 g/mol. The Morgan fingerprint density at radius 2 is 2.11 bits per heavy atom. The molecule has 1 aromatic rings. The van der Waals surface area contributed by atoms with Crippen LogP contribution in [0.4, 0.5) is 0 Å². The molecule has 1 aromatic carbocycles. The average Bonchev–Trinajstić information content (AvgIpc) is 2.81. The molecule has 1 fully saturated rings. The number of hydrogen-bond acceptors (Lipinski definition) is 5. The number of hydrogen-bond donors (Lipinski definition) is 0. The van der Waals surface area contributed by atoms with Gasteiger partial charge in [-0.3, -0.25) is 0 Å². The van der Waals surface area contributed by atoms with Crippen LogP contribution in [0.3, 0.4) is 0 Å². The molecule has 2 heterocycles. The molecule has 0 saturated carbocycles. The number of nitrogens with zero attached hydrogens (tertiary/aromatic N) is 2. The topological polar surface area (TPSA) is 54.7 Å². The summed E-state index contributed by atoms with van der Waals surface area (Å²) < 4.78 is 15.8. The molecular weight excluding hydrogens is 244 g/mol. The second kappa shape index (κ2) is 4.72. The molecule has 1 saturated heterocycles. The van der Waals surface area contributed by atoms with Crippen molar-refractivity contribution in [1.29, 1.82) is 5.26 Å². The summed E-state index contributed by atoms with van der Waals surface area (Å²) in [5.41, 5.74) is 0.825. The van der Waals surface area contributed by atoms with Gasteiger partial charge >= 0.3 is 0 Å². The first-order valence-electron chi connectivity index (χ1n) is 6.27. The molecule has 5 heteroatoms. The summed E-state index contributed by atoms with van der Waals surface area (Å²) in [5, 5.41) is 9.19. The van der Waals surface area contributed by atoms with E-state index in [1.807, 2.05) is 25.2 Å². The number of benzene rings is 1. The van der Waals surface area contributed by atoms with Crippen LogP contribution in [0, 0.1) is 16.7 Å². The van der Waals surface area contributed by atoms with E-state index in [4.69, 9.17) is 14.2 Å². The van der Waals surface area contributed by atoms with Crippen LogP contribution in [-0.4, -0.2) is 38.5 Å². The smallest absolute Gasteiger partial charge is 0.231 e. The summed E-state index contributed by atoms with van der Waals surface area (Å²) >= 11 is 0. The summed E-state index contributed by atoms with van der Waals surface area (Å²) in [7, 11) is 2.02. The van der Waals surface area contributed by atoms with Crippen LogP contribution in [0.2, 0.25) is 0 Å². The number of nitriles is 1. The van der Waals surface area contributed by atoms with Crippen LogP contribution >= 0.6 is 0 Å². The third kappa shape index (κ3) is 2.37. The average molecular weight is 260 g/mol. The first-order valence-corrected chi connectivity index (χ1v) is 6.27. The third-order valence-electron chi connectivity index (χ3n) is 3.46. The Labute approximate surface area is 112 Å². The molecule has 0 aromatic heterocycles. The zero-order chi connectivity index (χ0) is 13.3. The highest BCUT2D eigenvalue weighted by Gasteiger charge is 2.39. The van der Waals surface area contributed by atoms with Gasteiger partial charge in [-0.25, -0.2) is 0 Å². The first-order chi connectivity index (χ1) is 9.21. The predicted octanol–water partition coefficient (Wildman–Crippen LogP) is 1.39. The van der Waals surface area contributed by atoms with Gasteiger partial charge in [0.2, 0.25) is 6.79 Å². The highest BCUT2D eigenvalue weighted by atomic mass is 16.7. The van der Waals surface area contributed by atoms with Crippen molar-refractivity contribution in [1.82, 2.24) is 4.90 Å². The molecule has 2 aliphatic heterocycles.